The number of aromatic amines is 1. The number of imidazole rings is 1. The fraction of sp³-hybridized carbons (Fsp3) is 0.133. The fourth-order valence-electron chi connectivity index (χ4n) is 2.29. The number of nitrogens with zero attached hydrogens (tertiary/aromatic N) is 3. The van der Waals surface area contributed by atoms with Gasteiger partial charge in [0.1, 0.15) is 6.07 Å². The third-order valence-corrected chi connectivity index (χ3v) is 3.63. The van der Waals surface area contributed by atoms with Gasteiger partial charge in [0.25, 0.3) is 0 Å². The molecule has 0 atom stereocenters. The van der Waals surface area contributed by atoms with Crippen molar-refractivity contribution in [3.05, 3.63) is 58.6 Å². The van der Waals surface area contributed by atoms with Gasteiger partial charge in [-0.25, -0.2) is 0 Å². The summed E-state index contributed by atoms with van der Waals surface area (Å²) < 4.78 is 2.68. The van der Waals surface area contributed by atoms with Crippen molar-refractivity contribution in [2.45, 2.75) is 13.0 Å². The van der Waals surface area contributed by atoms with Crippen molar-refractivity contribution >= 4 is 23.3 Å². The van der Waals surface area contributed by atoms with E-state index < -0.39 is 0 Å². The van der Waals surface area contributed by atoms with Crippen molar-refractivity contribution in [2.75, 3.05) is 0 Å². The number of benzene rings is 1. The molecule has 0 aliphatic rings. The summed E-state index contributed by atoms with van der Waals surface area (Å²) in [5.41, 5.74) is 3.63. The summed E-state index contributed by atoms with van der Waals surface area (Å²) in [5, 5.41) is 9.12. The highest BCUT2D eigenvalue weighted by Gasteiger charge is 2.07. The van der Waals surface area contributed by atoms with Crippen LogP contribution in [-0.2, 0) is 13.0 Å². The van der Waals surface area contributed by atoms with Gasteiger partial charge in [-0.2, -0.15) is 5.26 Å². The van der Waals surface area contributed by atoms with E-state index in [1.165, 1.54) is 5.56 Å². The van der Waals surface area contributed by atoms with Crippen molar-refractivity contribution in [3.63, 3.8) is 0 Å². The summed E-state index contributed by atoms with van der Waals surface area (Å²) in [6, 6.07) is 11.8. The Labute approximate surface area is 121 Å². The van der Waals surface area contributed by atoms with E-state index >= 15 is 0 Å². The van der Waals surface area contributed by atoms with Crippen LogP contribution in [0.5, 0.6) is 0 Å². The lowest BCUT2D eigenvalue weighted by molar-refractivity contribution is 0.706. The molecule has 0 aliphatic carbocycles. The molecule has 4 nitrogen and oxygen atoms in total. The largest absolute Gasteiger partial charge is 0.329 e. The number of hydrogen-bond acceptors (Lipinski definition) is 3. The number of fused-ring (bicyclic) bond motifs is 1. The Morgan fingerprint density at radius 1 is 1.25 bits per heavy atom. The van der Waals surface area contributed by atoms with Crippen molar-refractivity contribution in [1.82, 2.24) is 14.5 Å². The summed E-state index contributed by atoms with van der Waals surface area (Å²) in [6.45, 7) is 0.776. The first kappa shape index (κ1) is 12.6. The number of hydrogen-bond donors (Lipinski definition) is 1. The molecule has 1 aromatic carbocycles. The molecule has 0 amide bonds. The van der Waals surface area contributed by atoms with Crippen LogP contribution < -0.4 is 0 Å². The molecule has 1 N–H and O–H groups in total. The lowest BCUT2D eigenvalue weighted by Crippen LogP contribution is -2.01. The Kier molecular flexibility index (Phi) is 3.32. The molecule has 98 valence electrons. The second-order valence-corrected chi connectivity index (χ2v) is 4.89. The maximum Gasteiger partial charge on any atom is 0.178 e. The van der Waals surface area contributed by atoms with Gasteiger partial charge in [-0.1, -0.05) is 6.07 Å². The Balaban J connectivity index is 1.98. The number of H-pyrrole nitrogens is 1. The molecule has 0 unspecified atom stereocenters. The van der Waals surface area contributed by atoms with E-state index in [1.54, 1.807) is 18.5 Å². The number of pyridine rings is 1. The molecule has 0 saturated heterocycles. The molecule has 5 heteroatoms. The van der Waals surface area contributed by atoms with Gasteiger partial charge in [0, 0.05) is 18.9 Å². The van der Waals surface area contributed by atoms with E-state index in [1.807, 2.05) is 28.8 Å². The molecule has 0 saturated carbocycles. The molecule has 2 heterocycles. The van der Waals surface area contributed by atoms with E-state index in [0.29, 0.717) is 10.3 Å². The van der Waals surface area contributed by atoms with Crippen LogP contribution in [0, 0.1) is 16.1 Å². The molecule has 0 spiro atoms. The normalized spacial score (nSPS) is 10.6. The first-order valence-electron chi connectivity index (χ1n) is 6.30. The molecular formula is C15H12N4S. The van der Waals surface area contributed by atoms with Gasteiger partial charge >= 0.3 is 0 Å². The Hall–Kier alpha value is -2.45. The standard InChI is InChI=1S/C15H12N4S/c16-10-12-2-1-3-13-14(12)18-15(20)19(13)9-6-11-4-7-17-8-5-11/h1-5,7-8H,6,9H2,(H,18,20). The van der Waals surface area contributed by atoms with Gasteiger partial charge in [0.15, 0.2) is 4.77 Å². The highest BCUT2D eigenvalue weighted by Crippen LogP contribution is 2.18. The van der Waals surface area contributed by atoms with E-state index in [4.69, 9.17) is 17.5 Å². The molecular weight excluding hydrogens is 268 g/mol. The monoisotopic (exact) mass is 280 g/mol. The topological polar surface area (TPSA) is 57.4 Å². The number of nitriles is 1. The summed E-state index contributed by atoms with van der Waals surface area (Å²) in [7, 11) is 0. The van der Waals surface area contributed by atoms with Crippen LogP contribution in [0.3, 0.4) is 0 Å². The second kappa shape index (κ2) is 5.27. The Bertz CT molecular complexity index is 840. The third-order valence-electron chi connectivity index (χ3n) is 3.30. The number of rotatable bonds is 3. The quantitative estimate of drug-likeness (QED) is 0.749. The van der Waals surface area contributed by atoms with Crippen molar-refractivity contribution in [3.8, 4) is 6.07 Å². The van der Waals surface area contributed by atoms with Crippen LogP contribution in [0.2, 0.25) is 0 Å². The molecule has 0 aliphatic heterocycles. The molecule has 3 aromatic rings. The smallest absolute Gasteiger partial charge is 0.178 e. The molecule has 2 aromatic heterocycles. The zero-order valence-corrected chi connectivity index (χ0v) is 11.5. The number of nitrogens with one attached hydrogen (secondary N) is 1. The van der Waals surface area contributed by atoms with Crippen LogP contribution in [-0.4, -0.2) is 14.5 Å². The van der Waals surface area contributed by atoms with Gasteiger partial charge in [0.05, 0.1) is 16.6 Å². The average molecular weight is 280 g/mol. The minimum Gasteiger partial charge on any atom is -0.329 e. The van der Waals surface area contributed by atoms with Gasteiger partial charge < -0.3 is 9.55 Å². The number of aryl methyl sites for hydroxylation is 2. The van der Waals surface area contributed by atoms with Crippen LogP contribution in [0.1, 0.15) is 11.1 Å². The van der Waals surface area contributed by atoms with Gasteiger partial charge in [-0.05, 0) is 48.5 Å². The van der Waals surface area contributed by atoms with Crippen LogP contribution in [0.25, 0.3) is 11.0 Å². The minimum atomic E-state index is 0.622. The van der Waals surface area contributed by atoms with Crippen molar-refractivity contribution in [1.29, 1.82) is 5.26 Å². The SMILES string of the molecule is N#Cc1cccc2c1[nH]c(=S)n2CCc1ccncc1. The van der Waals surface area contributed by atoms with Crippen molar-refractivity contribution in [2.24, 2.45) is 0 Å². The summed E-state index contributed by atoms with van der Waals surface area (Å²) in [4.78, 5) is 7.14. The first-order chi connectivity index (χ1) is 9.79. The highest BCUT2D eigenvalue weighted by atomic mass is 32.1. The van der Waals surface area contributed by atoms with Gasteiger partial charge in [0.2, 0.25) is 0 Å². The van der Waals surface area contributed by atoms with E-state index in [9.17, 15) is 0 Å². The number of para-hydroxylation sites is 1. The zero-order valence-electron chi connectivity index (χ0n) is 10.7. The fourth-order valence-corrected chi connectivity index (χ4v) is 2.58. The predicted octanol–water partition coefficient (Wildman–Crippen LogP) is 3.21. The van der Waals surface area contributed by atoms with E-state index in [0.717, 1.165) is 24.0 Å². The lowest BCUT2D eigenvalue weighted by atomic mass is 10.2. The predicted molar refractivity (Wildman–Crippen MR) is 79.8 cm³/mol. The molecule has 20 heavy (non-hydrogen) atoms. The molecule has 0 fully saturated rings. The minimum absolute atomic E-state index is 0.622. The zero-order chi connectivity index (χ0) is 13.9. The lowest BCUT2D eigenvalue weighted by Gasteiger charge is -2.04. The molecule has 0 radical (unpaired) electrons. The van der Waals surface area contributed by atoms with Crippen LogP contribution in [0.4, 0.5) is 0 Å². The maximum absolute atomic E-state index is 9.12. The van der Waals surface area contributed by atoms with Crippen LogP contribution in [0.15, 0.2) is 42.7 Å². The summed E-state index contributed by atoms with van der Waals surface area (Å²) >= 11 is 5.36. The summed E-state index contributed by atoms with van der Waals surface area (Å²) in [5.74, 6) is 0. The Morgan fingerprint density at radius 3 is 2.80 bits per heavy atom. The van der Waals surface area contributed by atoms with E-state index in [2.05, 4.69) is 16.0 Å². The first-order valence-corrected chi connectivity index (χ1v) is 6.71. The maximum atomic E-state index is 9.12. The highest BCUT2D eigenvalue weighted by molar-refractivity contribution is 7.71. The molecule has 0 bridgehead atoms. The Morgan fingerprint density at radius 2 is 2.05 bits per heavy atom. The van der Waals surface area contributed by atoms with E-state index in [-0.39, 0.29) is 0 Å². The molecule has 3 rings (SSSR count). The number of aromatic nitrogens is 3. The van der Waals surface area contributed by atoms with Gasteiger partial charge in [-0.3, -0.25) is 4.98 Å². The van der Waals surface area contributed by atoms with Crippen LogP contribution >= 0.6 is 12.2 Å². The third kappa shape index (κ3) is 2.22. The summed E-state index contributed by atoms with van der Waals surface area (Å²) in [6.07, 6.45) is 4.45. The van der Waals surface area contributed by atoms with Gasteiger partial charge in [-0.15, -0.1) is 0 Å². The van der Waals surface area contributed by atoms with Crippen molar-refractivity contribution < 1.29 is 0 Å². The second-order valence-electron chi connectivity index (χ2n) is 4.50. The average Bonchev–Trinajstić information content (AvgIpc) is 2.81.